The Bertz CT molecular complexity index is 1100. The molecule has 8 nitrogen and oxygen atoms in total. The number of piperidine rings is 1. The summed E-state index contributed by atoms with van der Waals surface area (Å²) in [6.45, 7) is 3.18. The van der Waals surface area contributed by atoms with Crippen LogP contribution < -0.4 is 15.4 Å². The number of likely N-dealkylation sites (tertiary alicyclic amines) is 1. The van der Waals surface area contributed by atoms with Crippen molar-refractivity contribution in [3.05, 3.63) is 64.1 Å². The number of ether oxygens (including phenoxy) is 1. The van der Waals surface area contributed by atoms with Crippen LogP contribution in [0.4, 0.5) is 16.2 Å². The summed E-state index contributed by atoms with van der Waals surface area (Å²) in [5.74, 6) is 0.382. The van der Waals surface area contributed by atoms with Gasteiger partial charge in [0.2, 0.25) is 5.01 Å². The van der Waals surface area contributed by atoms with Crippen LogP contribution in [-0.2, 0) is 0 Å². The number of rotatable bonds is 5. The Balaban J connectivity index is 1.39. The molecule has 1 unspecified atom stereocenters. The van der Waals surface area contributed by atoms with Gasteiger partial charge in [0.05, 0.1) is 12.8 Å². The predicted molar refractivity (Wildman–Crippen MR) is 125 cm³/mol. The Morgan fingerprint density at radius 1 is 1.09 bits per heavy atom. The third-order valence-electron chi connectivity index (χ3n) is 5.35. The third kappa shape index (κ3) is 5.05. The zero-order valence-corrected chi connectivity index (χ0v) is 18.8. The number of urea groups is 1. The molecular weight excluding hydrogens is 426 g/mol. The van der Waals surface area contributed by atoms with Gasteiger partial charge in [0, 0.05) is 24.7 Å². The molecule has 9 heteroatoms. The Morgan fingerprint density at radius 3 is 2.66 bits per heavy atom. The summed E-state index contributed by atoms with van der Waals surface area (Å²) in [6, 6.07) is 14.7. The highest BCUT2D eigenvalue weighted by atomic mass is 32.1. The van der Waals surface area contributed by atoms with Crippen LogP contribution in [0.2, 0.25) is 0 Å². The van der Waals surface area contributed by atoms with E-state index in [1.54, 1.807) is 18.1 Å². The van der Waals surface area contributed by atoms with Crippen molar-refractivity contribution in [2.45, 2.75) is 25.7 Å². The molecule has 0 aliphatic carbocycles. The number of nitrogens with one attached hydrogen (secondary N) is 2. The van der Waals surface area contributed by atoms with E-state index < -0.39 is 0 Å². The topological polar surface area (TPSA) is 96.4 Å². The van der Waals surface area contributed by atoms with Gasteiger partial charge < -0.3 is 20.3 Å². The summed E-state index contributed by atoms with van der Waals surface area (Å²) < 4.78 is 5.31. The summed E-state index contributed by atoms with van der Waals surface area (Å²) in [7, 11) is 1.57. The maximum Gasteiger partial charge on any atom is 0.321 e. The lowest BCUT2D eigenvalue weighted by atomic mass is 9.99. The van der Waals surface area contributed by atoms with E-state index in [2.05, 4.69) is 20.8 Å². The normalized spacial score (nSPS) is 15.8. The van der Waals surface area contributed by atoms with Crippen molar-refractivity contribution in [3.63, 3.8) is 0 Å². The quantitative estimate of drug-likeness (QED) is 0.595. The minimum atomic E-state index is -0.279. The maximum atomic E-state index is 12.8. The van der Waals surface area contributed by atoms with Gasteiger partial charge in [0.15, 0.2) is 0 Å². The van der Waals surface area contributed by atoms with Crippen molar-refractivity contribution in [1.29, 1.82) is 0 Å². The second kappa shape index (κ2) is 9.78. The molecule has 4 rings (SSSR count). The van der Waals surface area contributed by atoms with E-state index in [0.717, 1.165) is 23.4 Å². The van der Waals surface area contributed by atoms with Gasteiger partial charge >= 0.3 is 6.03 Å². The first kappa shape index (κ1) is 21.8. The van der Waals surface area contributed by atoms with E-state index in [9.17, 15) is 9.59 Å². The molecule has 1 atom stereocenters. The van der Waals surface area contributed by atoms with Gasteiger partial charge in [0.25, 0.3) is 5.91 Å². The van der Waals surface area contributed by atoms with Crippen LogP contribution in [0.15, 0.2) is 48.5 Å². The Labute approximate surface area is 190 Å². The number of hydrogen-bond acceptors (Lipinski definition) is 6. The number of hydrogen-bond donors (Lipinski definition) is 2. The summed E-state index contributed by atoms with van der Waals surface area (Å²) in [5, 5.41) is 15.2. The molecule has 1 aromatic heterocycles. The van der Waals surface area contributed by atoms with E-state index in [0.29, 0.717) is 35.2 Å². The highest BCUT2D eigenvalue weighted by Gasteiger charge is 2.28. The van der Waals surface area contributed by atoms with Crippen LogP contribution in [0.25, 0.3) is 0 Å². The lowest BCUT2D eigenvalue weighted by Gasteiger charge is -2.31. The van der Waals surface area contributed by atoms with Gasteiger partial charge in [-0.25, -0.2) is 4.79 Å². The fourth-order valence-corrected chi connectivity index (χ4v) is 4.48. The average Bonchev–Trinajstić information content (AvgIpc) is 3.32. The second-order valence-electron chi connectivity index (χ2n) is 7.68. The molecule has 166 valence electrons. The highest BCUT2D eigenvalue weighted by Crippen LogP contribution is 2.30. The molecule has 1 aliphatic rings. The van der Waals surface area contributed by atoms with Crippen molar-refractivity contribution in [3.8, 4) is 5.75 Å². The number of aromatic nitrogens is 2. The number of amides is 3. The SMILES string of the molecule is COc1ccccc1NC(=O)N1CCCC(c2nnc(C(=O)Nc3ccc(C)cc3)s2)C1. The zero-order chi connectivity index (χ0) is 22.5. The zero-order valence-electron chi connectivity index (χ0n) is 18.0. The van der Waals surface area contributed by atoms with E-state index in [1.807, 2.05) is 49.4 Å². The van der Waals surface area contributed by atoms with Crippen LogP contribution in [0.3, 0.4) is 0 Å². The fraction of sp³-hybridized carbons (Fsp3) is 0.304. The molecule has 3 amide bonds. The first-order valence-corrected chi connectivity index (χ1v) is 11.3. The van der Waals surface area contributed by atoms with Gasteiger partial charge in [-0.2, -0.15) is 0 Å². The largest absolute Gasteiger partial charge is 0.495 e. The lowest BCUT2D eigenvalue weighted by molar-refractivity contribution is 0.102. The number of anilines is 2. The second-order valence-corrected chi connectivity index (χ2v) is 8.69. The molecular formula is C23H25N5O3S. The van der Waals surface area contributed by atoms with Gasteiger partial charge in [-0.3, -0.25) is 4.79 Å². The molecule has 1 saturated heterocycles. The van der Waals surface area contributed by atoms with Gasteiger partial charge in [0.1, 0.15) is 10.8 Å². The molecule has 2 N–H and O–H groups in total. The number of para-hydroxylation sites is 2. The summed E-state index contributed by atoms with van der Waals surface area (Å²) in [6.07, 6.45) is 1.75. The lowest BCUT2D eigenvalue weighted by Crippen LogP contribution is -2.41. The van der Waals surface area contributed by atoms with E-state index >= 15 is 0 Å². The van der Waals surface area contributed by atoms with Crippen LogP contribution in [-0.4, -0.2) is 47.2 Å². The molecule has 32 heavy (non-hydrogen) atoms. The minimum Gasteiger partial charge on any atom is -0.495 e. The number of nitrogens with zero attached hydrogens (tertiary/aromatic N) is 3. The first-order valence-electron chi connectivity index (χ1n) is 10.4. The van der Waals surface area contributed by atoms with Gasteiger partial charge in [-0.1, -0.05) is 41.2 Å². The Kier molecular flexibility index (Phi) is 6.65. The average molecular weight is 452 g/mol. The Morgan fingerprint density at radius 2 is 1.88 bits per heavy atom. The van der Waals surface area contributed by atoms with Gasteiger partial charge in [-0.15, -0.1) is 10.2 Å². The number of benzene rings is 2. The van der Waals surface area contributed by atoms with Crippen molar-refractivity contribution < 1.29 is 14.3 Å². The molecule has 0 saturated carbocycles. The van der Waals surface area contributed by atoms with Crippen LogP contribution in [0, 0.1) is 6.92 Å². The van der Waals surface area contributed by atoms with Crippen molar-refractivity contribution in [2.75, 3.05) is 30.8 Å². The molecule has 3 aromatic rings. The fourth-order valence-electron chi connectivity index (χ4n) is 3.62. The molecule has 0 radical (unpaired) electrons. The van der Waals surface area contributed by atoms with E-state index in [4.69, 9.17) is 4.74 Å². The highest BCUT2D eigenvalue weighted by molar-refractivity contribution is 7.13. The number of carbonyl (C=O) groups is 2. The Hall–Kier alpha value is -3.46. The summed E-state index contributed by atoms with van der Waals surface area (Å²) >= 11 is 1.28. The predicted octanol–water partition coefficient (Wildman–Crippen LogP) is 4.52. The van der Waals surface area contributed by atoms with Crippen LogP contribution >= 0.6 is 11.3 Å². The van der Waals surface area contributed by atoms with Crippen molar-refractivity contribution in [1.82, 2.24) is 15.1 Å². The van der Waals surface area contributed by atoms with E-state index in [1.165, 1.54) is 11.3 Å². The van der Waals surface area contributed by atoms with Gasteiger partial charge in [-0.05, 0) is 44.0 Å². The third-order valence-corrected chi connectivity index (χ3v) is 6.44. The summed E-state index contributed by atoms with van der Waals surface area (Å²) in [4.78, 5) is 27.1. The molecule has 0 bridgehead atoms. The molecule has 2 heterocycles. The standard InChI is InChI=1S/C23H25N5O3S/c1-15-9-11-17(12-10-15)24-20(29)22-27-26-21(32-22)16-6-5-13-28(14-16)23(30)25-18-7-3-4-8-19(18)31-2/h3-4,7-12,16H,5-6,13-14H2,1-2H3,(H,24,29)(H,25,30). The molecule has 0 spiro atoms. The van der Waals surface area contributed by atoms with Crippen molar-refractivity contribution >= 4 is 34.6 Å². The molecule has 1 fully saturated rings. The van der Waals surface area contributed by atoms with E-state index in [-0.39, 0.29) is 17.9 Å². The number of methoxy groups -OCH3 is 1. The smallest absolute Gasteiger partial charge is 0.321 e. The van der Waals surface area contributed by atoms with Crippen molar-refractivity contribution in [2.24, 2.45) is 0 Å². The van der Waals surface area contributed by atoms with Crippen LogP contribution in [0.5, 0.6) is 5.75 Å². The molecule has 2 aromatic carbocycles. The monoisotopic (exact) mass is 451 g/mol. The van der Waals surface area contributed by atoms with Crippen LogP contribution in [0.1, 0.15) is 39.1 Å². The minimum absolute atomic E-state index is 0.0468. The number of carbonyl (C=O) groups excluding carboxylic acids is 2. The molecule has 1 aliphatic heterocycles. The maximum absolute atomic E-state index is 12.8. The first-order chi connectivity index (χ1) is 15.5. The summed E-state index contributed by atoms with van der Waals surface area (Å²) in [5.41, 5.74) is 2.47. The number of aryl methyl sites for hydroxylation is 1.